The molecule has 1 amide bonds. The third kappa shape index (κ3) is 5.69. The summed E-state index contributed by atoms with van der Waals surface area (Å²) in [6, 6.07) is 5.60. The minimum Gasteiger partial charge on any atom is -0.434 e. The summed E-state index contributed by atoms with van der Waals surface area (Å²) in [5.41, 5.74) is 6.64. The number of esters is 1. The van der Waals surface area contributed by atoms with E-state index in [9.17, 15) is 14.4 Å². The number of aromatic nitrogens is 2. The number of anilines is 1. The summed E-state index contributed by atoms with van der Waals surface area (Å²) in [5, 5.41) is 18.6. The molecule has 4 N–H and O–H groups in total. The van der Waals surface area contributed by atoms with Crippen LogP contribution < -0.4 is 21.5 Å². The lowest BCUT2D eigenvalue weighted by atomic mass is 10.1. The van der Waals surface area contributed by atoms with Gasteiger partial charge in [0.05, 0.1) is 15.7 Å². The van der Waals surface area contributed by atoms with Gasteiger partial charge in [-0.1, -0.05) is 37.0 Å². The van der Waals surface area contributed by atoms with Gasteiger partial charge in [-0.25, -0.2) is 14.7 Å². The lowest BCUT2D eigenvalue weighted by Gasteiger charge is -2.12. The molecule has 30 heavy (non-hydrogen) atoms. The molecule has 0 atom stereocenters. The number of nitrogens with two attached hydrogens (primary N) is 1. The maximum absolute atomic E-state index is 11.8. The maximum Gasteiger partial charge on any atom is 0.412 e. The molecule has 0 spiro atoms. The van der Waals surface area contributed by atoms with Crippen molar-refractivity contribution in [1.29, 1.82) is 5.26 Å². The number of nitrogens with zero attached hydrogens (tertiary/aromatic N) is 3. The van der Waals surface area contributed by atoms with Gasteiger partial charge in [0.1, 0.15) is 6.07 Å². The van der Waals surface area contributed by atoms with E-state index in [0.29, 0.717) is 5.56 Å². The van der Waals surface area contributed by atoms with Crippen LogP contribution in [0.15, 0.2) is 28.1 Å². The topological polar surface area (TPSA) is 173 Å². The Morgan fingerprint density at radius 1 is 1.30 bits per heavy atom. The van der Waals surface area contributed by atoms with Crippen molar-refractivity contribution in [3.63, 3.8) is 0 Å². The van der Waals surface area contributed by atoms with Crippen LogP contribution in [-0.2, 0) is 9.53 Å². The lowest BCUT2D eigenvalue weighted by molar-refractivity contribution is -0.129. The summed E-state index contributed by atoms with van der Waals surface area (Å²) in [6.07, 6.45) is -1.38. The van der Waals surface area contributed by atoms with Crippen molar-refractivity contribution in [3.8, 4) is 17.7 Å². The number of rotatable bonds is 6. The van der Waals surface area contributed by atoms with Crippen molar-refractivity contribution < 1.29 is 19.1 Å². The molecule has 0 fully saturated rings. The number of halogens is 2. The highest BCUT2D eigenvalue weighted by molar-refractivity contribution is 6.44. The van der Waals surface area contributed by atoms with Crippen LogP contribution in [-0.4, -0.2) is 28.0 Å². The van der Waals surface area contributed by atoms with Gasteiger partial charge in [0, 0.05) is 11.6 Å². The predicted molar refractivity (Wildman–Crippen MR) is 108 cm³/mol. The first-order valence-electron chi connectivity index (χ1n) is 8.14. The van der Waals surface area contributed by atoms with E-state index >= 15 is 0 Å². The number of carbonyl (C=O) groups excluding carboxylic acids is 2. The molecule has 0 bridgehead atoms. The standard InChI is InChI=1S/C17H14Cl2N6O5/c1-7(2)9-5-13(24-25-15(9)26)29-14-10(18)3-8(4-11(14)19)22-23-12(6-20)16(27)30-17(21)28/h3-5,7,22H,1-2H3,(H2,21,28)(H,25,26). The van der Waals surface area contributed by atoms with Gasteiger partial charge in [-0.15, -0.1) is 5.10 Å². The molecule has 156 valence electrons. The number of hydrogen-bond donors (Lipinski definition) is 3. The first-order chi connectivity index (χ1) is 14.1. The third-order valence-corrected chi connectivity index (χ3v) is 3.99. The highest BCUT2D eigenvalue weighted by Gasteiger charge is 2.17. The van der Waals surface area contributed by atoms with Crippen LogP contribution >= 0.6 is 23.2 Å². The molecule has 0 aliphatic heterocycles. The molecule has 0 radical (unpaired) electrons. The van der Waals surface area contributed by atoms with Crippen LogP contribution in [0, 0.1) is 11.3 Å². The van der Waals surface area contributed by atoms with Gasteiger partial charge in [-0.2, -0.15) is 10.4 Å². The summed E-state index contributed by atoms with van der Waals surface area (Å²) >= 11 is 12.4. The Bertz CT molecular complexity index is 1100. The van der Waals surface area contributed by atoms with E-state index in [1.165, 1.54) is 24.3 Å². The molecule has 0 aliphatic rings. The van der Waals surface area contributed by atoms with Crippen molar-refractivity contribution >= 4 is 46.7 Å². The number of ether oxygens (including phenoxy) is 2. The number of carbonyl (C=O) groups is 2. The monoisotopic (exact) mass is 452 g/mol. The summed E-state index contributed by atoms with van der Waals surface area (Å²) in [7, 11) is 0. The fraction of sp³-hybridized carbons (Fsp3) is 0.176. The molecular formula is C17H14Cl2N6O5. The second kappa shape index (κ2) is 9.73. The number of nitriles is 1. The number of nitrogens with one attached hydrogen (secondary N) is 2. The van der Waals surface area contributed by atoms with E-state index in [1.807, 2.05) is 13.8 Å². The van der Waals surface area contributed by atoms with Crippen LogP contribution in [0.25, 0.3) is 0 Å². The van der Waals surface area contributed by atoms with E-state index in [4.69, 9.17) is 38.9 Å². The van der Waals surface area contributed by atoms with Crippen molar-refractivity contribution in [2.75, 3.05) is 5.43 Å². The Kier molecular flexibility index (Phi) is 7.35. The fourth-order valence-corrected chi connectivity index (χ4v) is 2.65. The van der Waals surface area contributed by atoms with Crippen LogP contribution in [0.1, 0.15) is 25.3 Å². The number of aromatic amines is 1. The molecule has 1 heterocycles. The highest BCUT2D eigenvalue weighted by Crippen LogP contribution is 2.38. The van der Waals surface area contributed by atoms with Gasteiger partial charge < -0.3 is 15.2 Å². The van der Waals surface area contributed by atoms with E-state index < -0.39 is 17.8 Å². The van der Waals surface area contributed by atoms with Gasteiger partial charge in [0.25, 0.3) is 5.56 Å². The third-order valence-electron chi connectivity index (χ3n) is 3.43. The molecule has 1 aromatic heterocycles. The molecule has 0 unspecified atom stereocenters. The number of hydrogen-bond acceptors (Lipinski definition) is 9. The minimum absolute atomic E-state index is 0.0394. The molecule has 0 saturated heterocycles. The molecule has 0 aliphatic carbocycles. The van der Waals surface area contributed by atoms with E-state index in [1.54, 1.807) is 0 Å². The number of H-pyrrole nitrogens is 1. The summed E-state index contributed by atoms with van der Waals surface area (Å²) < 4.78 is 9.64. The number of hydrazone groups is 1. The fourth-order valence-electron chi connectivity index (χ4n) is 2.09. The Hall–Kier alpha value is -3.62. The molecule has 0 saturated carbocycles. The van der Waals surface area contributed by atoms with Gasteiger partial charge in [0.2, 0.25) is 11.6 Å². The number of amides is 1. The lowest BCUT2D eigenvalue weighted by Crippen LogP contribution is -2.24. The summed E-state index contributed by atoms with van der Waals surface area (Å²) in [4.78, 5) is 33.8. The zero-order valence-electron chi connectivity index (χ0n) is 15.5. The van der Waals surface area contributed by atoms with E-state index in [-0.39, 0.29) is 38.8 Å². The van der Waals surface area contributed by atoms with Gasteiger partial charge in [-0.05, 0) is 18.1 Å². The average Bonchev–Trinajstić information content (AvgIpc) is 2.65. The van der Waals surface area contributed by atoms with Crippen molar-refractivity contribution in [2.45, 2.75) is 19.8 Å². The second-order valence-corrected chi connectivity index (χ2v) is 6.72. The molecule has 2 aromatic rings. The van der Waals surface area contributed by atoms with Crippen LogP contribution in [0.5, 0.6) is 11.6 Å². The Morgan fingerprint density at radius 3 is 2.47 bits per heavy atom. The zero-order chi connectivity index (χ0) is 22.4. The molecular weight excluding hydrogens is 439 g/mol. The zero-order valence-corrected chi connectivity index (χ0v) is 17.0. The van der Waals surface area contributed by atoms with Gasteiger partial charge >= 0.3 is 12.1 Å². The van der Waals surface area contributed by atoms with Crippen LogP contribution in [0.2, 0.25) is 10.0 Å². The molecule has 1 aromatic carbocycles. The summed E-state index contributed by atoms with van der Waals surface area (Å²) in [5.74, 6) is -1.28. The highest BCUT2D eigenvalue weighted by atomic mass is 35.5. The van der Waals surface area contributed by atoms with Crippen molar-refractivity contribution in [1.82, 2.24) is 10.2 Å². The Morgan fingerprint density at radius 2 is 1.93 bits per heavy atom. The van der Waals surface area contributed by atoms with Gasteiger partial charge in [-0.3, -0.25) is 10.2 Å². The Labute approximate surface area is 179 Å². The number of benzene rings is 1. The van der Waals surface area contributed by atoms with E-state index in [2.05, 4.69) is 25.5 Å². The largest absolute Gasteiger partial charge is 0.434 e. The maximum atomic E-state index is 11.8. The van der Waals surface area contributed by atoms with Crippen LogP contribution in [0.4, 0.5) is 10.5 Å². The normalized spacial score (nSPS) is 11.0. The second-order valence-electron chi connectivity index (χ2n) is 5.91. The molecule has 2 rings (SSSR count). The van der Waals surface area contributed by atoms with Crippen molar-refractivity contribution in [3.05, 3.63) is 44.2 Å². The first-order valence-corrected chi connectivity index (χ1v) is 8.89. The first kappa shape index (κ1) is 22.7. The predicted octanol–water partition coefficient (Wildman–Crippen LogP) is 2.91. The smallest absolute Gasteiger partial charge is 0.412 e. The summed E-state index contributed by atoms with van der Waals surface area (Å²) in [6.45, 7) is 3.67. The number of primary amides is 1. The van der Waals surface area contributed by atoms with Crippen molar-refractivity contribution in [2.24, 2.45) is 10.8 Å². The van der Waals surface area contributed by atoms with Crippen LogP contribution in [0.3, 0.4) is 0 Å². The van der Waals surface area contributed by atoms with E-state index in [0.717, 1.165) is 0 Å². The minimum atomic E-state index is -1.38. The average molecular weight is 453 g/mol. The SMILES string of the molecule is CC(C)c1cc(Oc2c(Cl)cc(NN=C(C#N)C(=O)OC(N)=O)cc2Cl)n[nH]c1=O. The molecule has 13 heteroatoms. The van der Waals surface area contributed by atoms with Gasteiger partial charge in [0.15, 0.2) is 5.75 Å². The Balaban J connectivity index is 2.26. The quantitative estimate of drug-likeness (QED) is 0.259. The molecule has 11 nitrogen and oxygen atoms in total.